The van der Waals surface area contributed by atoms with Crippen molar-refractivity contribution in [3.63, 3.8) is 0 Å². The van der Waals surface area contributed by atoms with Gasteiger partial charge in [-0.15, -0.1) is 13.2 Å². The summed E-state index contributed by atoms with van der Waals surface area (Å²) in [6.07, 6.45) is 4.62. The fourth-order valence-corrected chi connectivity index (χ4v) is 3.51. The summed E-state index contributed by atoms with van der Waals surface area (Å²) in [5.74, 6) is -1.56. The van der Waals surface area contributed by atoms with Crippen molar-refractivity contribution in [2.45, 2.75) is 18.3 Å². The summed E-state index contributed by atoms with van der Waals surface area (Å²) in [5, 5.41) is 0. The van der Waals surface area contributed by atoms with Crippen LogP contribution in [0.3, 0.4) is 0 Å². The van der Waals surface area contributed by atoms with Crippen LogP contribution in [0.1, 0.15) is 24.0 Å². The van der Waals surface area contributed by atoms with Crippen LogP contribution < -0.4 is 0 Å². The van der Waals surface area contributed by atoms with Gasteiger partial charge in [-0.1, -0.05) is 42.5 Å². The smallest absolute Gasteiger partial charge is 0.163 e. The van der Waals surface area contributed by atoms with Crippen LogP contribution in [0, 0.1) is 11.6 Å². The lowest BCUT2D eigenvalue weighted by Gasteiger charge is -2.30. The lowest BCUT2D eigenvalue weighted by molar-refractivity contribution is 0.456. The second-order valence-electron chi connectivity index (χ2n) is 5.40. The van der Waals surface area contributed by atoms with Gasteiger partial charge in [0.1, 0.15) is 0 Å². The maximum atomic E-state index is 14.6. The van der Waals surface area contributed by atoms with E-state index in [1.54, 1.807) is 18.2 Å². The van der Waals surface area contributed by atoms with Gasteiger partial charge in [-0.05, 0) is 35.6 Å². The zero-order chi connectivity index (χ0) is 15.0. The van der Waals surface area contributed by atoms with E-state index >= 15 is 0 Å². The second kappa shape index (κ2) is 4.96. The van der Waals surface area contributed by atoms with Gasteiger partial charge in [0.25, 0.3) is 0 Å². The van der Waals surface area contributed by atoms with Crippen molar-refractivity contribution in [1.29, 1.82) is 0 Å². The molecule has 0 bridgehead atoms. The van der Waals surface area contributed by atoms with Crippen molar-refractivity contribution in [3.8, 4) is 11.1 Å². The molecule has 0 heterocycles. The Bertz CT molecular complexity index is 718. The summed E-state index contributed by atoms with van der Waals surface area (Å²) < 4.78 is 28.4. The Hall–Kier alpha value is -2.22. The summed E-state index contributed by atoms with van der Waals surface area (Å²) in [5.41, 5.74) is 2.58. The Kier molecular flexibility index (Phi) is 3.25. The quantitative estimate of drug-likeness (QED) is 0.660. The third-order valence-electron chi connectivity index (χ3n) is 4.29. The topological polar surface area (TPSA) is 0 Å². The molecule has 0 N–H and O–H groups in total. The molecule has 106 valence electrons. The number of rotatable bonds is 4. The van der Waals surface area contributed by atoms with Gasteiger partial charge in [-0.25, -0.2) is 8.78 Å². The van der Waals surface area contributed by atoms with E-state index in [0.717, 1.165) is 16.7 Å². The zero-order valence-electron chi connectivity index (χ0n) is 11.7. The minimum absolute atomic E-state index is 0.434. The van der Waals surface area contributed by atoms with Crippen molar-refractivity contribution >= 4 is 0 Å². The van der Waals surface area contributed by atoms with Crippen LogP contribution in [0.5, 0.6) is 0 Å². The predicted molar refractivity (Wildman–Crippen MR) is 82.2 cm³/mol. The molecule has 0 nitrogen and oxygen atoms in total. The van der Waals surface area contributed by atoms with Crippen LogP contribution >= 0.6 is 0 Å². The monoisotopic (exact) mass is 282 g/mol. The molecular formula is C19H16F2. The van der Waals surface area contributed by atoms with Gasteiger partial charge >= 0.3 is 0 Å². The first kappa shape index (κ1) is 13.7. The highest BCUT2D eigenvalue weighted by atomic mass is 19.2. The van der Waals surface area contributed by atoms with Crippen molar-refractivity contribution in [2.75, 3.05) is 0 Å². The van der Waals surface area contributed by atoms with Gasteiger partial charge in [0, 0.05) is 11.0 Å². The third-order valence-corrected chi connectivity index (χ3v) is 4.29. The van der Waals surface area contributed by atoms with Crippen molar-refractivity contribution in [3.05, 3.63) is 84.5 Å². The maximum absolute atomic E-state index is 14.6. The molecular weight excluding hydrogens is 266 g/mol. The molecule has 2 heteroatoms. The third kappa shape index (κ3) is 1.79. The van der Waals surface area contributed by atoms with Crippen LogP contribution in [-0.4, -0.2) is 0 Å². The van der Waals surface area contributed by atoms with Crippen LogP contribution in [-0.2, 0) is 5.41 Å². The Labute approximate surface area is 123 Å². The summed E-state index contributed by atoms with van der Waals surface area (Å²) in [4.78, 5) is 0. The van der Waals surface area contributed by atoms with Crippen molar-refractivity contribution in [1.82, 2.24) is 0 Å². The first-order valence-corrected chi connectivity index (χ1v) is 6.96. The molecule has 0 unspecified atom stereocenters. The molecule has 1 aliphatic carbocycles. The number of benzene rings is 2. The standard InChI is InChI=1S/C19H16F2/c1-3-11-19(12-4-2)15-8-6-5-7-13(15)14-9-10-16(20)18(21)17(14)19/h3-10H,1-2,11-12H2. The van der Waals surface area contributed by atoms with Crippen LogP contribution in [0.25, 0.3) is 11.1 Å². The SMILES string of the molecule is C=CCC1(CC=C)c2ccccc2-c2ccc(F)c(F)c21. The van der Waals surface area contributed by atoms with E-state index in [4.69, 9.17) is 0 Å². The lowest BCUT2D eigenvalue weighted by atomic mass is 9.72. The van der Waals surface area contributed by atoms with E-state index in [1.165, 1.54) is 6.07 Å². The van der Waals surface area contributed by atoms with Gasteiger partial charge in [-0.2, -0.15) is 0 Å². The molecule has 0 saturated heterocycles. The summed E-state index contributed by atoms with van der Waals surface area (Å²) in [7, 11) is 0. The predicted octanol–water partition coefficient (Wildman–Crippen LogP) is 5.38. The summed E-state index contributed by atoms with van der Waals surface area (Å²) in [6, 6.07) is 10.7. The minimum Gasteiger partial charge on any atom is -0.204 e. The first-order valence-electron chi connectivity index (χ1n) is 6.96. The number of fused-ring (bicyclic) bond motifs is 3. The Balaban J connectivity index is 2.42. The van der Waals surface area contributed by atoms with E-state index in [0.29, 0.717) is 18.4 Å². The fraction of sp³-hybridized carbons (Fsp3) is 0.158. The molecule has 0 aromatic heterocycles. The normalized spacial score (nSPS) is 14.4. The molecule has 0 spiro atoms. The molecule has 3 rings (SSSR count). The van der Waals surface area contributed by atoms with E-state index in [-0.39, 0.29) is 0 Å². The van der Waals surface area contributed by atoms with Gasteiger partial charge in [0.15, 0.2) is 11.6 Å². The van der Waals surface area contributed by atoms with Crippen LogP contribution in [0.15, 0.2) is 61.7 Å². The van der Waals surface area contributed by atoms with Gasteiger partial charge in [0.2, 0.25) is 0 Å². The van der Waals surface area contributed by atoms with Crippen LogP contribution in [0.2, 0.25) is 0 Å². The largest absolute Gasteiger partial charge is 0.204 e. The summed E-state index contributed by atoms with van der Waals surface area (Å²) in [6.45, 7) is 7.60. The van der Waals surface area contributed by atoms with Crippen molar-refractivity contribution < 1.29 is 8.78 Å². The van der Waals surface area contributed by atoms with Gasteiger partial charge in [0.05, 0.1) is 0 Å². The number of hydrogen-bond donors (Lipinski definition) is 0. The molecule has 2 aromatic rings. The van der Waals surface area contributed by atoms with E-state index < -0.39 is 17.0 Å². The molecule has 2 aromatic carbocycles. The highest BCUT2D eigenvalue weighted by Crippen LogP contribution is 2.54. The molecule has 0 fully saturated rings. The minimum atomic E-state index is -0.806. The van der Waals surface area contributed by atoms with E-state index in [2.05, 4.69) is 13.2 Å². The number of hydrogen-bond acceptors (Lipinski definition) is 0. The van der Waals surface area contributed by atoms with Crippen LogP contribution in [0.4, 0.5) is 8.78 Å². The molecule has 1 aliphatic rings. The van der Waals surface area contributed by atoms with E-state index in [9.17, 15) is 8.78 Å². The number of halogens is 2. The van der Waals surface area contributed by atoms with Gasteiger partial charge in [-0.3, -0.25) is 0 Å². The molecule has 21 heavy (non-hydrogen) atoms. The Morgan fingerprint density at radius 2 is 1.57 bits per heavy atom. The highest BCUT2D eigenvalue weighted by molar-refractivity contribution is 5.81. The Morgan fingerprint density at radius 1 is 0.905 bits per heavy atom. The second-order valence-corrected chi connectivity index (χ2v) is 5.40. The lowest BCUT2D eigenvalue weighted by Crippen LogP contribution is -2.25. The first-order chi connectivity index (χ1) is 10.2. The molecule has 0 aliphatic heterocycles. The average Bonchev–Trinajstić information content (AvgIpc) is 2.76. The fourth-order valence-electron chi connectivity index (χ4n) is 3.51. The number of allylic oxidation sites excluding steroid dienone is 2. The average molecular weight is 282 g/mol. The highest BCUT2D eigenvalue weighted by Gasteiger charge is 2.44. The maximum Gasteiger partial charge on any atom is 0.163 e. The molecule has 0 radical (unpaired) electrons. The zero-order valence-corrected chi connectivity index (χ0v) is 11.7. The Morgan fingerprint density at radius 3 is 2.24 bits per heavy atom. The molecule has 0 amide bonds. The summed E-state index contributed by atoms with van der Waals surface area (Å²) >= 11 is 0. The molecule has 0 saturated carbocycles. The molecule has 0 atom stereocenters. The van der Waals surface area contributed by atoms with Gasteiger partial charge < -0.3 is 0 Å². The van der Waals surface area contributed by atoms with E-state index in [1.807, 2.05) is 24.3 Å². The van der Waals surface area contributed by atoms with Crippen molar-refractivity contribution in [2.24, 2.45) is 0 Å².